The van der Waals surface area contributed by atoms with Crippen molar-refractivity contribution in [1.82, 2.24) is 14.9 Å². The average Bonchev–Trinajstić information content (AvgIpc) is 2.91. The third-order valence-corrected chi connectivity index (χ3v) is 3.66. The van der Waals surface area contributed by atoms with Crippen molar-refractivity contribution in [1.29, 1.82) is 0 Å². The Hall–Kier alpha value is -2.35. The molecule has 1 heterocycles. The number of halogens is 3. The van der Waals surface area contributed by atoms with E-state index in [2.05, 4.69) is 9.97 Å². The zero-order valence-electron chi connectivity index (χ0n) is 13.1. The van der Waals surface area contributed by atoms with Gasteiger partial charge in [0.15, 0.2) is 0 Å². The molecule has 1 aromatic carbocycles. The van der Waals surface area contributed by atoms with Crippen LogP contribution >= 0.6 is 0 Å². The van der Waals surface area contributed by atoms with Gasteiger partial charge in [0.25, 0.3) is 0 Å². The van der Waals surface area contributed by atoms with Gasteiger partial charge >= 0.3 is 6.18 Å². The van der Waals surface area contributed by atoms with Crippen LogP contribution < -0.4 is 0 Å². The van der Waals surface area contributed by atoms with Crippen molar-refractivity contribution < 1.29 is 23.1 Å². The average molecular weight is 341 g/mol. The standard InChI is InChI=1S/C16H18F3N3O2/c1-11-14(21-10-20-11)9-22(6-7-23)15(24)8-12-4-2-3-5-13(12)16(17,18)19/h2-5,10,23H,6-9H2,1H3,(H,20,21). The lowest BCUT2D eigenvalue weighted by Gasteiger charge is -2.22. The Morgan fingerprint density at radius 3 is 2.62 bits per heavy atom. The van der Waals surface area contributed by atoms with Crippen molar-refractivity contribution in [3.63, 3.8) is 0 Å². The Morgan fingerprint density at radius 1 is 1.33 bits per heavy atom. The molecule has 0 saturated heterocycles. The Balaban J connectivity index is 2.18. The van der Waals surface area contributed by atoms with Gasteiger partial charge in [-0.3, -0.25) is 4.79 Å². The second-order valence-electron chi connectivity index (χ2n) is 5.34. The number of carbonyl (C=O) groups excluding carboxylic acids is 1. The minimum absolute atomic E-state index is 0.0271. The zero-order chi connectivity index (χ0) is 17.7. The molecule has 0 aliphatic carbocycles. The Bertz CT molecular complexity index is 698. The first kappa shape index (κ1) is 18.0. The molecule has 0 fully saturated rings. The predicted octanol–water partition coefficient (Wildman–Crippen LogP) is 2.30. The van der Waals surface area contributed by atoms with Crippen molar-refractivity contribution in [3.8, 4) is 0 Å². The number of carbonyl (C=O) groups is 1. The maximum Gasteiger partial charge on any atom is 0.416 e. The molecule has 0 radical (unpaired) electrons. The molecule has 0 atom stereocenters. The first-order chi connectivity index (χ1) is 11.3. The number of H-pyrrole nitrogens is 1. The van der Waals surface area contributed by atoms with Crippen LogP contribution in [0.5, 0.6) is 0 Å². The highest BCUT2D eigenvalue weighted by molar-refractivity contribution is 5.79. The van der Waals surface area contributed by atoms with E-state index in [1.165, 1.54) is 29.4 Å². The number of aromatic amines is 1. The van der Waals surface area contributed by atoms with E-state index in [0.717, 1.165) is 11.8 Å². The molecule has 1 amide bonds. The maximum absolute atomic E-state index is 13.0. The van der Waals surface area contributed by atoms with Gasteiger partial charge in [0.1, 0.15) is 0 Å². The minimum Gasteiger partial charge on any atom is -0.395 e. The first-order valence-corrected chi connectivity index (χ1v) is 7.35. The number of hydrogen-bond donors (Lipinski definition) is 2. The van der Waals surface area contributed by atoms with Crippen LogP contribution in [0, 0.1) is 6.92 Å². The van der Waals surface area contributed by atoms with E-state index >= 15 is 0 Å². The summed E-state index contributed by atoms with van der Waals surface area (Å²) >= 11 is 0. The lowest BCUT2D eigenvalue weighted by molar-refractivity contribution is -0.138. The molecule has 5 nitrogen and oxygen atoms in total. The lowest BCUT2D eigenvalue weighted by Crippen LogP contribution is -2.35. The largest absolute Gasteiger partial charge is 0.416 e. The summed E-state index contributed by atoms with van der Waals surface area (Å²) < 4.78 is 39.1. The van der Waals surface area contributed by atoms with E-state index < -0.39 is 17.6 Å². The van der Waals surface area contributed by atoms with Gasteiger partial charge in [-0.15, -0.1) is 0 Å². The molecule has 0 aliphatic heterocycles. The number of amides is 1. The van der Waals surface area contributed by atoms with Crippen LogP contribution in [0.25, 0.3) is 0 Å². The summed E-state index contributed by atoms with van der Waals surface area (Å²) in [6.45, 7) is 1.65. The quantitative estimate of drug-likeness (QED) is 0.847. The van der Waals surface area contributed by atoms with Crippen molar-refractivity contribution in [3.05, 3.63) is 53.1 Å². The molecule has 0 aliphatic rings. The minimum atomic E-state index is -4.52. The van der Waals surface area contributed by atoms with Crippen LogP contribution in [-0.2, 0) is 23.9 Å². The fourth-order valence-corrected chi connectivity index (χ4v) is 2.37. The normalized spacial score (nSPS) is 11.5. The van der Waals surface area contributed by atoms with E-state index in [0.29, 0.717) is 5.69 Å². The Kier molecular flexibility index (Phi) is 5.61. The fraction of sp³-hybridized carbons (Fsp3) is 0.375. The van der Waals surface area contributed by atoms with Crippen LogP contribution in [0.1, 0.15) is 22.5 Å². The van der Waals surface area contributed by atoms with Crippen LogP contribution in [0.4, 0.5) is 13.2 Å². The lowest BCUT2D eigenvalue weighted by atomic mass is 10.0. The monoisotopic (exact) mass is 341 g/mol. The number of nitrogens with zero attached hydrogens (tertiary/aromatic N) is 2. The molecule has 2 aromatic rings. The fourth-order valence-electron chi connectivity index (χ4n) is 2.37. The summed E-state index contributed by atoms with van der Waals surface area (Å²) in [7, 11) is 0. The van der Waals surface area contributed by atoms with E-state index in [1.54, 1.807) is 6.92 Å². The summed E-state index contributed by atoms with van der Waals surface area (Å²) in [5.74, 6) is -0.497. The van der Waals surface area contributed by atoms with Crippen LogP contribution in [0.3, 0.4) is 0 Å². The van der Waals surface area contributed by atoms with Crippen LogP contribution in [0.15, 0.2) is 30.6 Å². The summed E-state index contributed by atoms with van der Waals surface area (Å²) in [4.78, 5) is 20.7. The second kappa shape index (κ2) is 7.48. The molecule has 0 bridgehead atoms. The highest BCUT2D eigenvalue weighted by Crippen LogP contribution is 2.32. The second-order valence-corrected chi connectivity index (χ2v) is 5.34. The maximum atomic E-state index is 13.0. The number of aromatic nitrogens is 2. The highest BCUT2D eigenvalue weighted by atomic mass is 19.4. The molecule has 0 unspecified atom stereocenters. The highest BCUT2D eigenvalue weighted by Gasteiger charge is 2.33. The third-order valence-electron chi connectivity index (χ3n) is 3.66. The summed E-state index contributed by atoms with van der Waals surface area (Å²) in [6.07, 6.45) is -3.43. The number of aliphatic hydroxyl groups is 1. The van der Waals surface area contributed by atoms with Crippen molar-refractivity contribution >= 4 is 5.91 Å². The number of rotatable bonds is 6. The number of aryl methyl sites for hydroxylation is 1. The predicted molar refractivity (Wildman–Crippen MR) is 81.0 cm³/mol. The zero-order valence-corrected chi connectivity index (χ0v) is 13.1. The molecule has 2 N–H and O–H groups in total. The Morgan fingerprint density at radius 2 is 2.04 bits per heavy atom. The number of imidazole rings is 1. The molecule has 130 valence electrons. The van der Waals surface area contributed by atoms with Crippen molar-refractivity contribution in [2.75, 3.05) is 13.2 Å². The molecule has 0 spiro atoms. The van der Waals surface area contributed by atoms with E-state index in [1.807, 2.05) is 0 Å². The van der Waals surface area contributed by atoms with Gasteiger partial charge in [0.2, 0.25) is 5.91 Å². The third kappa shape index (κ3) is 4.35. The number of aliphatic hydroxyl groups excluding tert-OH is 1. The van der Waals surface area contributed by atoms with Gasteiger partial charge < -0.3 is 15.0 Å². The molecule has 0 saturated carbocycles. The molecular formula is C16H18F3N3O2. The Labute approximate surface area is 137 Å². The van der Waals surface area contributed by atoms with E-state index in [-0.39, 0.29) is 31.7 Å². The molecule has 1 aromatic heterocycles. The van der Waals surface area contributed by atoms with Gasteiger partial charge in [-0.25, -0.2) is 4.98 Å². The molecule has 2 rings (SSSR count). The summed E-state index contributed by atoms with van der Waals surface area (Å²) in [5, 5.41) is 9.13. The number of alkyl halides is 3. The SMILES string of the molecule is Cc1[nH]cnc1CN(CCO)C(=O)Cc1ccccc1C(F)(F)F. The van der Waals surface area contributed by atoms with Gasteiger partial charge in [0, 0.05) is 12.2 Å². The smallest absolute Gasteiger partial charge is 0.395 e. The van der Waals surface area contributed by atoms with E-state index in [9.17, 15) is 18.0 Å². The first-order valence-electron chi connectivity index (χ1n) is 7.35. The molecule has 8 heteroatoms. The van der Waals surface area contributed by atoms with Gasteiger partial charge in [0.05, 0.1) is 37.2 Å². The van der Waals surface area contributed by atoms with Gasteiger partial charge in [-0.05, 0) is 18.6 Å². The summed E-state index contributed by atoms with van der Waals surface area (Å²) in [6, 6.07) is 5.00. The number of nitrogens with one attached hydrogen (secondary N) is 1. The van der Waals surface area contributed by atoms with Crippen LogP contribution in [-0.4, -0.2) is 39.0 Å². The molecular weight excluding hydrogens is 323 g/mol. The van der Waals surface area contributed by atoms with Crippen molar-refractivity contribution in [2.24, 2.45) is 0 Å². The van der Waals surface area contributed by atoms with Gasteiger partial charge in [-0.1, -0.05) is 18.2 Å². The molecule has 24 heavy (non-hydrogen) atoms. The summed E-state index contributed by atoms with van der Waals surface area (Å²) in [5.41, 5.74) is 0.470. The number of hydrogen-bond acceptors (Lipinski definition) is 3. The van der Waals surface area contributed by atoms with E-state index in [4.69, 9.17) is 5.11 Å². The van der Waals surface area contributed by atoms with Gasteiger partial charge in [-0.2, -0.15) is 13.2 Å². The number of benzene rings is 1. The van der Waals surface area contributed by atoms with Crippen LogP contribution in [0.2, 0.25) is 0 Å². The van der Waals surface area contributed by atoms with Crippen molar-refractivity contribution in [2.45, 2.75) is 26.1 Å². The topological polar surface area (TPSA) is 69.2 Å².